The van der Waals surface area contributed by atoms with E-state index in [0.29, 0.717) is 16.8 Å². The molecule has 124 valence electrons. The third-order valence-electron chi connectivity index (χ3n) is 3.60. The van der Waals surface area contributed by atoms with Crippen molar-refractivity contribution in [3.05, 3.63) is 47.4 Å². The summed E-state index contributed by atoms with van der Waals surface area (Å²) in [6.07, 6.45) is 4.68. The molecule has 24 heavy (non-hydrogen) atoms. The third kappa shape index (κ3) is 2.90. The van der Waals surface area contributed by atoms with Crippen molar-refractivity contribution in [3.63, 3.8) is 0 Å². The molecule has 2 heterocycles. The maximum absolute atomic E-state index is 12.1. The SMILES string of the molecule is CC(=N)c1c(-c2csc(-n3ccnc3C)n2)cccc1S(C)(=O)=O. The van der Waals surface area contributed by atoms with Gasteiger partial charge < -0.3 is 5.41 Å². The van der Waals surface area contributed by atoms with Crippen LogP contribution in [0.1, 0.15) is 18.3 Å². The van der Waals surface area contributed by atoms with Crippen molar-refractivity contribution in [2.75, 3.05) is 6.26 Å². The number of rotatable bonds is 4. The summed E-state index contributed by atoms with van der Waals surface area (Å²) < 4.78 is 26.0. The van der Waals surface area contributed by atoms with E-state index in [4.69, 9.17) is 5.41 Å². The second kappa shape index (κ2) is 5.95. The molecule has 1 aromatic carbocycles. The molecule has 0 saturated carbocycles. The molecule has 0 unspecified atom stereocenters. The van der Waals surface area contributed by atoms with E-state index in [1.165, 1.54) is 17.4 Å². The molecule has 3 aromatic rings. The maximum atomic E-state index is 12.1. The van der Waals surface area contributed by atoms with E-state index in [2.05, 4.69) is 9.97 Å². The Labute approximate surface area is 144 Å². The van der Waals surface area contributed by atoms with Gasteiger partial charge in [-0.3, -0.25) is 4.57 Å². The van der Waals surface area contributed by atoms with Gasteiger partial charge in [-0.15, -0.1) is 11.3 Å². The number of imidazole rings is 1. The van der Waals surface area contributed by atoms with Gasteiger partial charge in [-0.1, -0.05) is 12.1 Å². The van der Waals surface area contributed by atoms with Crippen LogP contribution in [0.3, 0.4) is 0 Å². The van der Waals surface area contributed by atoms with E-state index >= 15 is 0 Å². The van der Waals surface area contributed by atoms with Gasteiger partial charge in [-0.2, -0.15) is 0 Å². The van der Waals surface area contributed by atoms with Crippen molar-refractivity contribution in [1.29, 1.82) is 5.41 Å². The molecule has 1 N–H and O–H groups in total. The predicted octanol–water partition coefficient (Wildman–Crippen LogP) is 3.10. The first-order valence-corrected chi connectivity index (χ1v) is 9.91. The average molecular weight is 360 g/mol. The summed E-state index contributed by atoms with van der Waals surface area (Å²) in [5, 5.41) is 10.6. The molecule has 6 nitrogen and oxygen atoms in total. The molecule has 0 radical (unpaired) electrons. The van der Waals surface area contributed by atoms with Gasteiger partial charge in [-0.05, 0) is 19.9 Å². The van der Waals surface area contributed by atoms with E-state index in [1.807, 2.05) is 23.1 Å². The van der Waals surface area contributed by atoms with E-state index in [1.54, 1.807) is 25.3 Å². The fourth-order valence-electron chi connectivity index (χ4n) is 2.52. The van der Waals surface area contributed by atoms with Crippen LogP contribution >= 0.6 is 11.3 Å². The number of sulfone groups is 1. The number of hydrogen-bond acceptors (Lipinski definition) is 6. The molecule has 0 aliphatic rings. The largest absolute Gasteiger partial charge is 0.305 e. The Kier molecular flexibility index (Phi) is 4.10. The summed E-state index contributed by atoms with van der Waals surface area (Å²) in [5.41, 5.74) is 1.89. The lowest BCUT2D eigenvalue weighted by molar-refractivity contribution is 0.601. The molecule has 2 aromatic heterocycles. The Morgan fingerprint density at radius 1 is 1.33 bits per heavy atom. The number of aryl methyl sites for hydroxylation is 1. The molecular weight excluding hydrogens is 344 g/mol. The predicted molar refractivity (Wildman–Crippen MR) is 95.0 cm³/mol. The summed E-state index contributed by atoms with van der Waals surface area (Å²) in [4.78, 5) is 8.94. The maximum Gasteiger partial charge on any atom is 0.195 e. The van der Waals surface area contributed by atoms with Crippen LogP contribution in [-0.4, -0.2) is 34.9 Å². The highest BCUT2D eigenvalue weighted by atomic mass is 32.2. The van der Waals surface area contributed by atoms with Crippen molar-refractivity contribution in [1.82, 2.24) is 14.5 Å². The van der Waals surface area contributed by atoms with Crippen molar-refractivity contribution in [3.8, 4) is 16.4 Å². The van der Waals surface area contributed by atoms with E-state index in [9.17, 15) is 8.42 Å². The molecule has 0 amide bonds. The normalized spacial score (nSPS) is 11.6. The molecular formula is C16H16N4O2S2. The molecule has 0 saturated heterocycles. The number of aromatic nitrogens is 3. The van der Waals surface area contributed by atoms with Crippen LogP contribution in [0.4, 0.5) is 0 Å². The Bertz CT molecular complexity index is 1030. The number of thiazole rings is 1. The van der Waals surface area contributed by atoms with Crippen molar-refractivity contribution < 1.29 is 8.42 Å². The first-order valence-electron chi connectivity index (χ1n) is 7.14. The van der Waals surface area contributed by atoms with Gasteiger partial charge in [-0.25, -0.2) is 18.4 Å². The van der Waals surface area contributed by atoms with Crippen LogP contribution < -0.4 is 0 Å². The van der Waals surface area contributed by atoms with Gasteiger partial charge in [0.15, 0.2) is 15.0 Å². The minimum Gasteiger partial charge on any atom is -0.305 e. The van der Waals surface area contributed by atoms with Gasteiger partial charge in [0.1, 0.15) is 5.82 Å². The molecule has 0 fully saturated rings. The minimum atomic E-state index is -3.43. The topological polar surface area (TPSA) is 88.7 Å². The quantitative estimate of drug-likeness (QED) is 0.724. The average Bonchev–Trinajstić information content (AvgIpc) is 3.13. The zero-order chi connectivity index (χ0) is 17.5. The molecule has 0 spiro atoms. The summed E-state index contributed by atoms with van der Waals surface area (Å²) >= 11 is 1.44. The monoisotopic (exact) mass is 360 g/mol. The first kappa shape index (κ1) is 16.5. The van der Waals surface area contributed by atoms with Gasteiger partial charge >= 0.3 is 0 Å². The van der Waals surface area contributed by atoms with Crippen LogP contribution in [0.5, 0.6) is 0 Å². The summed E-state index contributed by atoms with van der Waals surface area (Å²) in [5.74, 6) is 0.823. The Hall–Kier alpha value is -2.32. The van der Waals surface area contributed by atoms with Crippen molar-refractivity contribution in [2.45, 2.75) is 18.7 Å². The highest BCUT2D eigenvalue weighted by Gasteiger charge is 2.20. The Morgan fingerprint density at radius 2 is 2.08 bits per heavy atom. The number of hydrogen-bond donors (Lipinski definition) is 1. The molecule has 8 heteroatoms. The lowest BCUT2D eigenvalue weighted by Crippen LogP contribution is -2.08. The highest BCUT2D eigenvalue weighted by molar-refractivity contribution is 7.90. The lowest BCUT2D eigenvalue weighted by atomic mass is 10.0. The van der Waals surface area contributed by atoms with Crippen LogP contribution in [0.25, 0.3) is 16.4 Å². The zero-order valence-electron chi connectivity index (χ0n) is 13.4. The summed E-state index contributed by atoms with van der Waals surface area (Å²) in [7, 11) is -3.43. The van der Waals surface area contributed by atoms with Crippen LogP contribution in [0.15, 0.2) is 40.9 Å². The van der Waals surface area contributed by atoms with Crippen LogP contribution in [0, 0.1) is 12.3 Å². The molecule has 3 rings (SSSR count). The van der Waals surface area contributed by atoms with Gasteiger partial charge in [0.05, 0.1) is 10.6 Å². The van der Waals surface area contributed by atoms with Crippen molar-refractivity contribution >= 4 is 26.9 Å². The standard InChI is InChI=1S/C16H16N4O2S2/c1-10(17)15-12(5-4-6-14(15)24(3,21)22)13-9-23-16(19-13)20-8-7-18-11(20)2/h4-9,17H,1-3H3. The molecule has 0 atom stereocenters. The fourth-order valence-corrected chi connectivity index (χ4v) is 4.33. The molecule has 0 aliphatic carbocycles. The van der Waals surface area contributed by atoms with E-state index < -0.39 is 9.84 Å². The van der Waals surface area contributed by atoms with Gasteiger partial charge in [0, 0.05) is 40.9 Å². The zero-order valence-corrected chi connectivity index (χ0v) is 15.1. The Morgan fingerprint density at radius 3 is 2.67 bits per heavy atom. The summed E-state index contributed by atoms with van der Waals surface area (Å²) in [6, 6.07) is 5.00. The molecule has 0 aliphatic heterocycles. The Balaban J connectivity index is 2.19. The van der Waals surface area contributed by atoms with Crippen LogP contribution in [0.2, 0.25) is 0 Å². The first-order chi connectivity index (χ1) is 11.3. The smallest absolute Gasteiger partial charge is 0.195 e. The highest BCUT2D eigenvalue weighted by Crippen LogP contribution is 2.31. The van der Waals surface area contributed by atoms with E-state index in [0.717, 1.165) is 17.2 Å². The lowest BCUT2D eigenvalue weighted by Gasteiger charge is -2.11. The minimum absolute atomic E-state index is 0.154. The van der Waals surface area contributed by atoms with E-state index in [-0.39, 0.29) is 10.6 Å². The second-order valence-corrected chi connectivity index (χ2v) is 8.26. The number of nitrogens with one attached hydrogen (secondary N) is 1. The summed E-state index contributed by atoms with van der Waals surface area (Å²) in [6.45, 7) is 3.47. The molecule has 0 bridgehead atoms. The fraction of sp³-hybridized carbons (Fsp3) is 0.188. The number of nitrogens with zero attached hydrogens (tertiary/aromatic N) is 3. The third-order valence-corrected chi connectivity index (χ3v) is 5.58. The van der Waals surface area contributed by atoms with Gasteiger partial charge in [0.2, 0.25) is 0 Å². The van der Waals surface area contributed by atoms with Crippen LogP contribution in [-0.2, 0) is 9.84 Å². The second-order valence-electron chi connectivity index (χ2n) is 5.44. The van der Waals surface area contributed by atoms with Crippen molar-refractivity contribution in [2.24, 2.45) is 0 Å². The number of benzene rings is 1. The van der Waals surface area contributed by atoms with Gasteiger partial charge in [0.25, 0.3) is 0 Å².